The predicted octanol–water partition coefficient (Wildman–Crippen LogP) is 17.0. The third-order valence-corrected chi connectivity index (χ3v) is 12.6. The highest BCUT2D eigenvalue weighted by molar-refractivity contribution is 5.76. The van der Waals surface area contributed by atoms with Gasteiger partial charge in [-0.1, -0.05) is 229 Å². The summed E-state index contributed by atoms with van der Waals surface area (Å²) < 4.78 is 5.46. The summed E-state index contributed by atoms with van der Waals surface area (Å²) in [5.41, 5.74) is 0. The van der Waals surface area contributed by atoms with Gasteiger partial charge >= 0.3 is 5.97 Å². The number of amides is 1. The van der Waals surface area contributed by atoms with Crippen molar-refractivity contribution in [3.05, 3.63) is 48.6 Å². The Morgan fingerprint density at radius 3 is 1.31 bits per heavy atom. The van der Waals surface area contributed by atoms with Crippen LogP contribution in [0.5, 0.6) is 0 Å². The van der Waals surface area contributed by atoms with E-state index in [1.807, 2.05) is 0 Å². The minimum absolute atomic E-state index is 0.0179. The normalized spacial score (nSPS) is 13.0. The highest BCUT2D eigenvalue weighted by atomic mass is 16.5. The molecule has 0 bridgehead atoms. The summed E-state index contributed by atoms with van der Waals surface area (Å²) in [4.78, 5) is 24.5. The van der Waals surface area contributed by atoms with Crippen LogP contribution < -0.4 is 5.32 Å². The molecule has 6 heteroatoms. The number of rotatable bonds is 51. The molecule has 0 aromatic carbocycles. The average molecular weight is 898 g/mol. The second-order valence-corrected chi connectivity index (χ2v) is 18.9. The minimum Gasteiger partial charge on any atom is -0.466 e. The van der Waals surface area contributed by atoms with Gasteiger partial charge in [-0.25, -0.2) is 0 Å². The molecule has 0 aliphatic rings. The molecule has 0 spiro atoms. The third-order valence-electron chi connectivity index (χ3n) is 12.6. The SMILES string of the molecule is CCCCC/C=C\C/C=C\CCCCCCCCCCCC(=O)OCCCCC/C=C\C=C/CCCCCCCCCCCCC(=O)NC(CO)C(O)CCCCCCCCCCC. The van der Waals surface area contributed by atoms with E-state index in [2.05, 4.69) is 67.8 Å². The van der Waals surface area contributed by atoms with E-state index < -0.39 is 12.1 Å². The van der Waals surface area contributed by atoms with Crippen molar-refractivity contribution in [2.75, 3.05) is 13.2 Å². The van der Waals surface area contributed by atoms with Gasteiger partial charge in [0.05, 0.1) is 25.4 Å². The van der Waals surface area contributed by atoms with E-state index in [-0.39, 0.29) is 18.5 Å². The number of aliphatic hydroxyl groups excluding tert-OH is 2. The third kappa shape index (κ3) is 49.3. The zero-order valence-electron chi connectivity index (χ0n) is 42.5. The van der Waals surface area contributed by atoms with Crippen LogP contribution in [0.3, 0.4) is 0 Å². The van der Waals surface area contributed by atoms with E-state index in [0.717, 1.165) is 77.0 Å². The lowest BCUT2D eigenvalue weighted by molar-refractivity contribution is -0.143. The second kappa shape index (κ2) is 53.4. The lowest BCUT2D eigenvalue weighted by Crippen LogP contribution is -2.45. The molecule has 0 saturated heterocycles. The zero-order valence-corrected chi connectivity index (χ0v) is 42.5. The van der Waals surface area contributed by atoms with Crippen molar-refractivity contribution in [1.29, 1.82) is 0 Å². The van der Waals surface area contributed by atoms with Gasteiger partial charge in [-0.15, -0.1) is 0 Å². The fourth-order valence-electron chi connectivity index (χ4n) is 8.31. The quantitative estimate of drug-likeness (QED) is 0.0245. The summed E-state index contributed by atoms with van der Waals surface area (Å²) in [6.07, 6.45) is 66.8. The Hall–Kier alpha value is -2.18. The fourth-order valence-corrected chi connectivity index (χ4v) is 8.31. The lowest BCUT2D eigenvalue weighted by Gasteiger charge is -2.22. The second-order valence-electron chi connectivity index (χ2n) is 18.9. The fraction of sp³-hybridized carbons (Fsp3) is 0.828. The largest absolute Gasteiger partial charge is 0.466 e. The molecule has 0 fully saturated rings. The van der Waals surface area contributed by atoms with Crippen LogP contribution >= 0.6 is 0 Å². The van der Waals surface area contributed by atoms with Gasteiger partial charge < -0.3 is 20.3 Å². The Morgan fingerprint density at radius 2 is 0.828 bits per heavy atom. The monoisotopic (exact) mass is 898 g/mol. The highest BCUT2D eigenvalue weighted by Crippen LogP contribution is 2.16. The summed E-state index contributed by atoms with van der Waals surface area (Å²) in [5.74, 6) is -0.0662. The molecule has 2 unspecified atom stereocenters. The van der Waals surface area contributed by atoms with Crippen LogP contribution in [0.1, 0.15) is 284 Å². The Kier molecular flexibility index (Phi) is 51.6. The number of esters is 1. The van der Waals surface area contributed by atoms with Crippen molar-refractivity contribution in [1.82, 2.24) is 5.32 Å². The Morgan fingerprint density at radius 1 is 0.453 bits per heavy atom. The molecule has 1 amide bonds. The number of nitrogens with one attached hydrogen (secondary N) is 1. The van der Waals surface area contributed by atoms with Crippen molar-refractivity contribution in [3.63, 3.8) is 0 Å². The Balaban J connectivity index is 3.45. The maximum Gasteiger partial charge on any atom is 0.305 e. The first-order valence-electron chi connectivity index (χ1n) is 27.9. The highest BCUT2D eigenvalue weighted by Gasteiger charge is 2.20. The van der Waals surface area contributed by atoms with E-state index in [9.17, 15) is 19.8 Å². The predicted molar refractivity (Wildman–Crippen MR) is 278 cm³/mol. The zero-order chi connectivity index (χ0) is 46.5. The van der Waals surface area contributed by atoms with Crippen molar-refractivity contribution in [2.24, 2.45) is 0 Å². The van der Waals surface area contributed by atoms with E-state index >= 15 is 0 Å². The first-order valence-corrected chi connectivity index (χ1v) is 27.9. The number of unbranched alkanes of at least 4 members (excludes halogenated alkanes) is 33. The molecule has 6 nitrogen and oxygen atoms in total. The van der Waals surface area contributed by atoms with Crippen LogP contribution in [0.25, 0.3) is 0 Å². The van der Waals surface area contributed by atoms with Gasteiger partial charge in [0, 0.05) is 12.8 Å². The average Bonchev–Trinajstić information content (AvgIpc) is 3.29. The minimum atomic E-state index is -0.669. The smallest absolute Gasteiger partial charge is 0.305 e. The van der Waals surface area contributed by atoms with Crippen LogP contribution in [0.4, 0.5) is 0 Å². The van der Waals surface area contributed by atoms with Crippen molar-refractivity contribution >= 4 is 11.9 Å². The standard InChI is InChI=1S/C58H107NO5/c1-3-5-7-9-11-13-14-15-16-17-19-23-26-29-32-36-40-44-48-52-58(63)64-53-49-45-41-37-33-30-27-24-21-18-20-22-25-28-31-35-39-43-47-51-57(62)59-55(54-60)56(61)50-46-42-38-34-12-10-8-6-4-2/h11,13,15-16,24,27,30,33,55-56,60-61H,3-10,12,14,17-23,25-26,28-29,31-32,34-54H2,1-2H3,(H,59,62)/b13-11-,16-15-,27-24-,33-30-. The maximum absolute atomic E-state index is 12.4. The van der Waals surface area contributed by atoms with Crippen LogP contribution in [0.2, 0.25) is 0 Å². The first-order chi connectivity index (χ1) is 31.5. The van der Waals surface area contributed by atoms with E-state index in [0.29, 0.717) is 25.9 Å². The van der Waals surface area contributed by atoms with E-state index in [1.165, 1.54) is 173 Å². The summed E-state index contributed by atoms with van der Waals surface area (Å²) in [6.45, 7) is 4.86. The Labute approximate surface area is 397 Å². The molecule has 64 heavy (non-hydrogen) atoms. The van der Waals surface area contributed by atoms with Crippen molar-refractivity contribution in [2.45, 2.75) is 296 Å². The van der Waals surface area contributed by atoms with Crippen LogP contribution in [-0.2, 0) is 14.3 Å². The summed E-state index contributed by atoms with van der Waals surface area (Å²) in [5, 5.41) is 23.1. The molecule has 0 aliphatic heterocycles. The summed E-state index contributed by atoms with van der Waals surface area (Å²) >= 11 is 0. The molecule has 374 valence electrons. The lowest BCUT2D eigenvalue weighted by atomic mass is 10.0. The molecule has 0 aromatic heterocycles. The van der Waals surface area contributed by atoms with Crippen molar-refractivity contribution in [3.8, 4) is 0 Å². The summed E-state index contributed by atoms with van der Waals surface area (Å²) in [7, 11) is 0. The number of allylic oxidation sites excluding steroid dienone is 8. The molecule has 2 atom stereocenters. The van der Waals surface area contributed by atoms with Gasteiger partial charge in [0.15, 0.2) is 0 Å². The molecule has 0 aliphatic carbocycles. The number of hydrogen-bond donors (Lipinski definition) is 3. The Bertz CT molecular complexity index is 1080. The van der Waals surface area contributed by atoms with E-state index in [4.69, 9.17) is 4.74 Å². The number of aliphatic hydroxyl groups is 2. The first kappa shape index (κ1) is 61.8. The van der Waals surface area contributed by atoms with E-state index in [1.54, 1.807) is 0 Å². The van der Waals surface area contributed by atoms with Crippen molar-refractivity contribution < 1.29 is 24.5 Å². The van der Waals surface area contributed by atoms with Gasteiger partial charge in [0.25, 0.3) is 0 Å². The molecule has 0 rings (SSSR count). The number of ether oxygens (including phenoxy) is 1. The molecule has 0 aromatic rings. The summed E-state index contributed by atoms with van der Waals surface area (Å²) in [6, 6.07) is -0.548. The number of hydrogen-bond acceptors (Lipinski definition) is 5. The molecule has 0 radical (unpaired) electrons. The molecule has 0 heterocycles. The van der Waals surface area contributed by atoms with Gasteiger partial charge in [-0.3, -0.25) is 9.59 Å². The van der Waals surface area contributed by atoms with Crippen LogP contribution in [-0.4, -0.2) is 47.4 Å². The molecule has 3 N–H and O–H groups in total. The van der Waals surface area contributed by atoms with Gasteiger partial charge in [0.2, 0.25) is 5.91 Å². The topological polar surface area (TPSA) is 95.9 Å². The maximum atomic E-state index is 12.4. The molecular formula is C58H107NO5. The number of carbonyl (C=O) groups excluding carboxylic acids is 2. The number of carbonyl (C=O) groups is 2. The van der Waals surface area contributed by atoms with Gasteiger partial charge in [-0.2, -0.15) is 0 Å². The molecule has 0 saturated carbocycles. The van der Waals surface area contributed by atoms with Gasteiger partial charge in [0.1, 0.15) is 0 Å². The van der Waals surface area contributed by atoms with Gasteiger partial charge in [-0.05, 0) is 89.9 Å². The molecular weight excluding hydrogens is 791 g/mol. The van der Waals surface area contributed by atoms with Crippen LogP contribution in [0, 0.1) is 0 Å². The van der Waals surface area contributed by atoms with Crippen LogP contribution in [0.15, 0.2) is 48.6 Å².